The fourth-order valence-electron chi connectivity index (χ4n) is 1.72. The molecule has 92 valence electrons. The Hall–Kier alpha value is -0.330. The van der Waals surface area contributed by atoms with E-state index >= 15 is 0 Å². The molecule has 1 aliphatic rings. The molecule has 0 spiro atoms. The van der Waals surface area contributed by atoms with Crippen LogP contribution < -0.4 is 0 Å². The Balaban J connectivity index is 1.88. The molecule has 1 aromatic rings. The molecular weight excluding hydrogens is 352 g/mol. The van der Waals surface area contributed by atoms with Gasteiger partial charge in [0, 0.05) is 22.0 Å². The molecule has 3 nitrogen and oxygen atoms in total. The topological polar surface area (TPSA) is 29.3 Å². The van der Waals surface area contributed by atoms with Crippen LogP contribution >= 0.6 is 34.2 Å². The lowest BCUT2D eigenvalue weighted by Crippen LogP contribution is -2.17. The van der Waals surface area contributed by atoms with Gasteiger partial charge in [0.15, 0.2) is 0 Å². The summed E-state index contributed by atoms with van der Waals surface area (Å²) in [6.45, 7) is 1.67. The Labute approximate surface area is 119 Å². The standard InChI is InChI=1S/C12H13ClINO2/c1-17-12(16)11-7-15(11)6-10(14)8-2-4-9(13)5-3-8/h2-5,10-11H,6-7H2,1H3. The molecule has 3 atom stereocenters. The highest BCUT2D eigenvalue weighted by molar-refractivity contribution is 14.1. The molecule has 1 aliphatic heterocycles. The fraction of sp³-hybridized carbons (Fsp3) is 0.417. The summed E-state index contributed by atoms with van der Waals surface area (Å²) in [5, 5.41) is 0.747. The van der Waals surface area contributed by atoms with Gasteiger partial charge < -0.3 is 4.74 Å². The molecule has 0 saturated carbocycles. The molecule has 0 radical (unpaired) electrons. The highest BCUT2D eigenvalue weighted by atomic mass is 127. The van der Waals surface area contributed by atoms with Crippen molar-refractivity contribution >= 4 is 40.2 Å². The molecule has 0 amide bonds. The second kappa shape index (κ2) is 5.54. The highest BCUT2D eigenvalue weighted by Crippen LogP contribution is 2.30. The number of rotatable bonds is 4. The zero-order valence-corrected chi connectivity index (χ0v) is 12.3. The van der Waals surface area contributed by atoms with Crippen LogP contribution in [0.15, 0.2) is 24.3 Å². The average Bonchev–Trinajstić information content (AvgIpc) is 3.08. The number of hydrogen-bond donors (Lipinski definition) is 0. The number of esters is 1. The van der Waals surface area contributed by atoms with Crippen molar-refractivity contribution in [3.05, 3.63) is 34.9 Å². The molecule has 2 rings (SSSR count). The second-order valence-electron chi connectivity index (χ2n) is 4.01. The van der Waals surface area contributed by atoms with Crippen molar-refractivity contribution in [1.82, 2.24) is 4.90 Å². The van der Waals surface area contributed by atoms with Gasteiger partial charge in [-0.05, 0) is 17.7 Å². The zero-order chi connectivity index (χ0) is 12.4. The molecule has 0 aromatic heterocycles. The number of hydrogen-bond acceptors (Lipinski definition) is 3. The van der Waals surface area contributed by atoms with Crippen molar-refractivity contribution in [3.63, 3.8) is 0 Å². The maximum Gasteiger partial charge on any atom is 0.324 e. The Kier molecular flexibility index (Phi) is 4.27. The summed E-state index contributed by atoms with van der Waals surface area (Å²) in [4.78, 5) is 13.4. The van der Waals surface area contributed by atoms with Crippen LogP contribution in [-0.4, -0.2) is 37.1 Å². The smallest absolute Gasteiger partial charge is 0.324 e. The van der Waals surface area contributed by atoms with Gasteiger partial charge in [-0.1, -0.05) is 46.3 Å². The lowest BCUT2D eigenvalue weighted by atomic mass is 10.1. The van der Waals surface area contributed by atoms with E-state index in [1.807, 2.05) is 24.3 Å². The van der Waals surface area contributed by atoms with Gasteiger partial charge in [-0.25, -0.2) is 0 Å². The molecule has 17 heavy (non-hydrogen) atoms. The quantitative estimate of drug-likeness (QED) is 0.356. The molecular formula is C12H13ClINO2. The highest BCUT2D eigenvalue weighted by Gasteiger charge is 2.41. The average molecular weight is 366 g/mol. The summed E-state index contributed by atoms with van der Waals surface area (Å²) in [5.74, 6) is -0.135. The molecule has 1 saturated heterocycles. The first-order chi connectivity index (χ1) is 8.11. The van der Waals surface area contributed by atoms with Crippen molar-refractivity contribution in [2.75, 3.05) is 20.2 Å². The van der Waals surface area contributed by atoms with Gasteiger partial charge >= 0.3 is 5.97 Å². The van der Waals surface area contributed by atoms with Crippen LogP contribution in [0.2, 0.25) is 5.02 Å². The van der Waals surface area contributed by atoms with Crippen LogP contribution in [0, 0.1) is 0 Å². The summed E-state index contributed by atoms with van der Waals surface area (Å²) in [7, 11) is 1.43. The SMILES string of the molecule is COC(=O)C1CN1CC(I)c1ccc(Cl)cc1. The van der Waals surface area contributed by atoms with E-state index in [0.29, 0.717) is 3.92 Å². The van der Waals surface area contributed by atoms with Gasteiger partial charge in [0.2, 0.25) is 0 Å². The Morgan fingerprint density at radius 3 is 2.82 bits per heavy atom. The van der Waals surface area contributed by atoms with Crippen LogP contribution in [0.1, 0.15) is 9.49 Å². The summed E-state index contributed by atoms with van der Waals surface area (Å²) in [6, 6.07) is 7.79. The molecule has 1 fully saturated rings. The third-order valence-corrected chi connectivity index (χ3v) is 4.18. The summed E-state index contributed by atoms with van der Waals surface area (Å²) in [5.41, 5.74) is 1.23. The van der Waals surface area contributed by atoms with Crippen molar-refractivity contribution < 1.29 is 9.53 Å². The lowest BCUT2D eigenvalue weighted by molar-refractivity contribution is -0.140. The predicted octanol–water partition coefficient (Wildman–Crippen LogP) is 2.67. The first kappa shape index (κ1) is 13.1. The Morgan fingerprint density at radius 2 is 2.24 bits per heavy atom. The lowest BCUT2D eigenvalue weighted by Gasteiger charge is -2.11. The van der Waals surface area contributed by atoms with Gasteiger partial charge in [0.25, 0.3) is 0 Å². The number of ether oxygens (including phenoxy) is 1. The van der Waals surface area contributed by atoms with E-state index in [1.165, 1.54) is 12.7 Å². The third kappa shape index (κ3) is 3.33. The van der Waals surface area contributed by atoms with Crippen LogP contribution in [0.25, 0.3) is 0 Å². The van der Waals surface area contributed by atoms with Gasteiger partial charge in [0.05, 0.1) is 7.11 Å². The Morgan fingerprint density at radius 1 is 1.59 bits per heavy atom. The fourth-order valence-corrected chi connectivity index (χ4v) is 2.77. The van der Waals surface area contributed by atoms with E-state index in [9.17, 15) is 4.79 Å². The van der Waals surface area contributed by atoms with Crippen molar-refractivity contribution in [1.29, 1.82) is 0 Å². The normalized spacial score (nSPS) is 24.2. The van der Waals surface area contributed by atoms with Crippen molar-refractivity contribution in [2.24, 2.45) is 0 Å². The number of benzene rings is 1. The van der Waals surface area contributed by atoms with Crippen molar-refractivity contribution in [2.45, 2.75) is 9.97 Å². The van der Waals surface area contributed by atoms with E-state index in [-0.39, 0.29) is 12.0 Å². The van der Waals surface area contributed by atoms with Crippen LogP contribution in [-0.2, 0) is 9.53 Å². The van der Waals surface area contributed by atoms with E-state index in [4.69, 9.17) is 16.3 Å². The first-order valence-corrected chi connectivity index (χ1v) is 6.95. The second-order valence-corrected chi connectivity index (χ2v) is 5.95. The van der Waals surface area contributed by atoms with Gasteiger partial charge in [0.1, 0.15) is 6.04 Å². The minimum absolute atomic E-state index is 0.0374. The Bertz CT molecular complexity index is 409. The molecule has 0 N–H and O–H groups in total. The maximum absolute atomic E-state index is 11.3. The van der Waals surface area contributed by atoms with Crippen molar-refractivity contribution in [3.8, 4) is 0 Å². The molecule has 1 aromatic carbocycles. The minimum atomic E-state index is -0.135. The maximum atomic E-state index is 11.3. The van der Waals surface area contributed by atoms with Crippen LogP contribution in [0.5, 0.6) is 0 Å². The molecule has 3 unspecified atom stereocenters. The zero-order valence-electron chi connectivity index (χ0n) is 9.40. The summed E-state index contributed by atoms with van der Waals surface area (Å²) in [6.07, 6.45) is 0. The van der Waals surface area contributed by atoms with E-state index in [2.05, 4.69) is 27.5 Å². The van der Waals surface area contributed by atoms with Gasteiger partial charge in [-0.15, -0.1) is 0 Å². The number of carbonyl (C=O) groups is 1. The molecule has 1 heterocycles. The van der Waals surface area contributed by atoms with Gasteiger partial charge in [-0.2, -0.15) is 0 Å². The number of carbonyl (C=O) groups excluding carboxylic acids is 1. The number of alkyl halides is 1. The minimum Gasteiger partial charge on any atom is -0.468 e. The van der Waals surface area contributed by atoms with Crippen LogP contribution in [0.3, 0.4) is 0 Å². The van der Waals surface area contributed by atoms with E-state index in [0.717, 1.165) is 18.1 Å². The number of nitrogens with zero attached hydrogens (tertiary/aromatic N) is 1. The molecule has 5 heteroatoms. The molecule has 0 bridgehead atoms. The number of methoxy groups -OCH3 is 1. The molecule has 0 aliphatic carbocycles. The first-order valence-electron chi connectivity index (χ1n) is 5.33. The van der Waals surface area contributed by atoms with E-state index < -0.39 is 0 Å². The third-order valence-electron chi connectivity index (χ3n) is 2.81. The monoisotopic (exact) mass is 365 g/mol. The largest absolute Gasteiger partial charge is 0.468 e. The predicted molar refractivity (Wildman–Crippen MR) is 75.6 cm³/mol. The van der Waals surface area contributed by atoms with E-state index in [1.54, 1.807) is 0 Å². The van der Waals surface area contributed by atoms with Crippen LogP contribution in [0.4, 0.5) is 0 Å². The summed E-state index contributed by atoms with van der Waals surface area (Å²) < 4.78 is 5.07. The summed E-state index contributed by atoms with van der Waals surface area (Å²) >= 11 is 8.23. The van der Waals surface area contributed by atoms with Gasteiger partial charge in [-0.3, -0.25) is 9.69 Å². The number of halogens is 2.